The van der Waals surface area contributed by atoms with Gasteiger partial charge in [-0.05, 0) is 55.0 Å². The molecule has 0 unspecified atom stereocenters. The van der Waals surface area contributed by atoms with Crippen LogP contribution in [0.5, 0.6) is 17.2 Å². The van der Waals surface area contributed by atoms with E-state index in [1.165, 1.54) is 16.9 Å². The Bertz CT molecular complexity index is 978. The van der Waals surface area contributed by atoms with Gasteiger partial charge < -0.3 is 14.6 Å². The van der Waals surface area contributed by atoms with Crippen LogP contribution in [0.3, 0.4) is 0 Å². The fourth-order valence-electron chi connectivity index (χ4n) is 2.18. The van der Waals surface area contributed by atoms with Crippen molar-refractivity contribution in [2.75, 3.05) is 4.72 Å². The summed E-state index contributed by atoms with van der Waals surface area (Å²) in [5.74, 6) is 1.10. The van der Waals surface area contributed by atoms with Gasteiger partial charge in [0.2, 0.25) is 0 Å². The van der Waals surface area contributed by atoms with Crippen molar-refractivity contribution in [3.8, 4) is 22.6 Å². The largest absolute Gasteiger partial charge is 0.504 e. The summed E-state index contributed by atoms with van der Waals surface area (Å²) in [7, 11) is 0. The molecule has 3 N–H and O–H groups in total. The average molecular weight is 377 g/mol. The zero-order valence-corrected chi connectivity index (χ0v) is 15.5. The number of phenols is 1. The molecular weight excluding hydrogens is 358 g/mol. The second-order valence-corrected chi connectivity index (χ2v) is 6.30. The van der Waals surface area contributed by atoms with Crippen molar-refractivity contribution in [2.24, 2.45) is 5.10 Å². The van der Waals surface area contributed by atoms with Crippen molar-refractivity contribution < 1.29 is 9.84 Å². The van der Waals surface area contributed by atoms with Crippen LogP contribution in [0.25, 0.3) is 0 Å². The van der Waals surface area contributed by atoms with Gasteiger partial charge in [-0.2, -0.15) is 5.10 Å². The second-order valence-electron chi connectivity index (χ2n) is 5.68. The Morgan fingerprint density at radius 2 is 1.81 bits per heavy atom. The van der Waals surface area contributed by atoms with E-state index < -0.39 is 0 Å². The number of hydrazone groups is 1. The lowest BCUT2D eigenvalue weighted by Crippen LogP contribution is -1.95. The topological polar surface area (TPSA) is 65.9 Å². The fraction of sp³-hybridized carbons (Fsp3) is 0.0476. The Kier molecular flexibility index (Phi) is 6.30. The Labute approximate surface area is 162 Å². The van der Waals surface area contributed by atoms with Gasteiger partial charge in [0.05, 0.1) is 11.5 Å². The maximum absolute atomic E-state index is 10.1. The maximum Gasteiger partial charge on any atom is 0.169 e. The second kappa shape index (κ2) is 9.29. The van der Waals surface area contributed by atoms with E-state index in [4.69, 9.17) is 4.74 Å². The van der Waals surface area contributed by atoms with E-state index in [1.54, 1.807) is 24.4 Å². The van der Waals surface area contributed by atoms with Crippen molar-refractivity contribution in [2.45, 2.75) is 6.92 Å². The van der Waals surface area contributed by atoms with Gasteiger partial charge in [0.15, 0.2) is 11.5 Å². The summed E-state index contributed by atoms with van der Waals surface area (Å²) in [6, 6.07) is 22.5. The van der Waals surface area contributed by atoms with Crippen LogP contribution in [-0.2, 0) is 0 Å². The Morgan fingerprint density at radius 3 is 2.56 bits per heavy atom. The zero-order valence-electron chi connectivity index (χ0n) is 14.7. The molecular formula is C21H19N3O2S. The number of aryl methyl sites for hydroxylation is 1. The van der Waals surface area contributed by atoms with Crippen LogP contribution < -0.4 is 14.9 Å². The average Bonchev–Trinajstić information content (AvgIpc) is 2.69. The first-order chi connectivity index (χ1) is 13.2. The maximum atomic E-state index is 10.1. The first-order valence-corrected chi connectivity index (χ1v) is 9.10. The van der Waals surface area contributed by atoms with E-state index in [0.29, 0.717) is 11.5 Å². The van der Waals surface area contributed by atoms with Gasteiger partial charge in [0.1, 0.15) is 5.75 Å². The summed E-state index contributed by atoms with van der Waals surface area (Å²) in [5.41, 5.74) is 5.63. The minimum absolute atomic E-state index is 0.0474. The number of nitrogens with zero attached hydrogens (tertiary/aromatic N) is 1. The van der Waals surface area contributed by atoms with E-state index in [1.807, 2.05) is 61.5 Å². The Balaban J connectivity index is 1.52. The molecule has 27 heavy (non-hydrogen) atoms. The molecule has 0 heterocycles. The molecule has 0 amide bonds. The van der Waals surface area contributed by atoms with Crippen molar-refractivity contribution >= 4 is 23.3 Å². The highest BCUT2D eigenvalue weighted by molar-refractivity contribution is 7.90. The number of aromatic hydroxyl groups is 1. The molecule has 0 saturated heterocycles. The first kappa shape index (κ1) is 18.3. The van der Waals surface area contributed by atoms with Crippen molar-refractivity contribution in [3.05, 3.63) is 83.9 Å². The van der Waals surface area contributed by atoms with Crippen LogP contribution in [0.1, 0.15) is 11.1 Å². The van der Waals surface area contributed by atoms with Crippen LogP contribution in [-0.4, -0.2) is 11.3 Å². The lowest BCUT2D eigenvalue weighted by molar-refractivity contribution is 0.411. The SMILES string of the molecule is Cc1ccc(NS#CN/N=C/c2ccc(Oc3ccccc3)c(O)c2)cc1. The van der Waals surface area contributed by atoms with Crippen LogP contribution >= 0.6 is 11.4 Å². The summed E-state index contributed by atoms with van der Waals surface area (Å²) in [6.07, 6.45) is 1.59. The minimum Gasteiger partial charge on any atom is -0.504 e. The third kappa shape index (κ3) is 5.78. The van der Waals surface area contributed by atoms with E-state index in [-0.39, 0.29) is 5.75 Å². The number of nitrogens with one attached hydrogen (secondary N) is 2. The molecule has 3 aromatic rings. The third-order valence-electron chi connectivity index (χ3n) is 3.55. The molecule has 0 spiro atoms. The summed E-state index contributed by atoms with van der Waals surface area (Å²) in [6.45, 7) is 2.05. The number of anilines is 1. The number of rotatable bonds is 5. The van der Waals surface area contributed by atoms with Gasteiger partial charge in [-0.1, -0.05) is 35.9 Å². The van der Waals surface area contributed by atoms with E-state index in [0.717, 1.165) is 11.3 Å². The molecule has 136 valence electrons. The summed E-state index contributed by atoms with van der Waals surface area (Å²) in [5, 5.41) is 17.0. The molecule has 3 aromatic carbocycles. The lowest BCUT2D eigenvalue weighted by Gasteiger charge is -2.07. The van der Waals surface area contributed by atoms with Gasteiger partial charge in [-0.15, -0.1) is 0 Å². The monoisotopic (exact) mass is 377 g/mol. The molecule has 5 nitrogen and oxygen atoms in total. The summed E-state index contributed by atoms with van der Waals surface area (Å²) in [4.78, 5) is 0. The van der Waals surface area contributed by atoms with Crippen molar-refractivity contribution in [1.82, 2.24) is 5.43 Å². The quantitative estimate of drug-likeness (QED) is 0.251. The van der Waals surface area contributed by atoms with Gasteiger partial charge in [0.25, 0.3) is 0 Å². The number of hydrogen-bond acceptors (Lipinski definition) is 5. The highest BCUT2D eigenvalue weighted by Gasteiger charge is 2.04. The Morgan fingerprint density at radius 1 is 1.04 bits per heavy atom. The van der Waals surface area contributed by atoms with Crippen LogP contribution in [0, 0.1) is 12.2 Å². The molecule has 0 aromatic heterocycles. The van der Waals surface area contributed by atoms with Gasteiger partial charge >= 0.3 is 0 Å². The highest BCUT2D eigenvalue weighted by Crippen LogP contribution is 2.30. The van der Waals surface area contributed by atoms with E-state index >= 15 is 0 Å². The lowest BCUT2D eigenvalue weighted by atomic mass is 10.2. The molecule has 0 aliphatic carbocycles. The zero-order chi connectivity index (χ0) is 18.9. The molecule has 3 rings (SSSR count). The molecule has 0 radical (unpaired) electrons. The highest BCUT2D eigenvalue weighted by atomic mass is 32.1. The normalized spacial score (nSPS) is 10.3. The predicted molar refractivity (Wildman–Crippen MR) is 112 cm³/mol. The molecule has 0 bridgehead atoms. The number of para-hydroxylation sites is 1. The van der Waals surface area contributed by atoms with E-state index in [9.17, 15) is 5.11 Å². The number of phenolic OH excluding ortho intramolecular Hbond substituents is 1. The van der Waals surface area contributed by atoms with E-state index in [2.05, 4.69) is 20.6 Å². The van der Waals surface area contributed by atoms with Gasteiger partial charge in [0, 0.05) is 17.0 Å². The molecule has 0 saturated carbocycles. The van der Waals surface area contributed by atoms with Gasteiger partial charge in [-0.3, -0.25) is 0 Å². The number of ether oxygens (including phenoxy) is 1. The number of hydrogen-bond donors (Lipinski definition) is 3. The first-order valence-electron chi connectivity index (χ1n) is 8.28. The van der Waals surface area contributed by atoms with Crippen LogP contribution in [0.2, 0.25) is 0 Å². The molecule has 0 aliphatic heterocycles. The van der Waals surface area contributed by atoms with Crippen molar-refractivity contribution in [1.29, 1.82) is 0 Å². The molecule has 6 heteroatoms. The summed E-state index contributed by atoms with van der Waals surface area (Å²) >= 11 is 1.26. The van der Waals surface area contributed by atoms with Gasteiger partial charge in [-0.25, -0.2) is 5.43 Å². The van der Waals surface area contributed by atoms with Crippen molar-refractivity contribution in [3.63, 3.8) is 0 Å². The molecule has 0 fully saturated rings. The molecule has 0 aliphatic rings. The summed E-state index contributed by atoms with van der Waals surface area (Å²) < 4.78 is 8.76. The Hall–Kier alpha value is -3.47. The predicted octanol–water partition coefficient (Wildman–Crippen LogP) is 5.09. The standard InChI is InChI=1S/C21H19N3O2S/c1-16-7-10-18(11-8-16)24-27-15-23-22-14-17-9-12-21(20(25)13-17)26-19-5-3-2-4-6-19/h2-14,23-25H,1H3/b22-14+. The van der Waals surface area contributed by atoms with Crippen LogP contribution in [0.4, 0.5) is 5.69 Å². The smallest absolute Gasteiger partial charge is 0.169 e. The molecule has 0 atom stereocenters. The third-order valence-corrected chi connectivity index (χ3v) is 4.08. The number of benzene rings is 3. The minimum atomic E-state index is 0.0474. The van der Waals surface area contributed by atoms with Crippen LogP contribution in [0.15, 0.2) is 77.9 Å². The fourth-order valence-corrected chi connectivity index (χ4v) is 2.58.